The predicted molar refractivity (Wildman–Crippen MR) is 27.4 cm³/mol. The predicted octanol–water partition coefficient (Wildman–Crippen LogP) is -0.194. The van der Waals surface area contributed by atoms with Crippen LogP contribution in [-0.4, -0.2) is 19.2 Å². The zero-order valence-electron chi connectivity index (χ0n) is 4.27. The van der Waals surface area contributed by atoms with E-state index in [4.69, 9.17) is 10.1 Å². The quantitative estimate of drug-likeness (QED) is 0.462. The van der Waals surface area contributed by atoms with Gasteiger partial charge in [0.05, 0.1) is 12.6 Å². The first-order chi connectivity index (χ1) is 3.93. The van der Waals surface area contributed by atoms with Crippen LogP contribution in [0.5, 0.6) is 0 Å². The van der Waals surface area contributed by atoms with Gasteiger partial charge < -0.3 is 4.74 Å². The third-order valence-corrected chi connectivity index (χ3v) is 0.775. The van der Waals surface area contributed by atoms with Crippen LogP contribution in [0.25, 0.3) is 0 Å². The molecule has 0 aromatic rings. The number of rotatable bonds is 1. The topological polar surface area (TPSA) is 57.5 Å². The minimum absolute atomic E-state index is 0.403. The number of hydrogen-bond donors (Lipinski definition) is 2. The van der Waals surface area contributed by atoms with Crippen molar-refractivity contribution in [2.24, 2.45) is 4.99 Å². The lowest BCUT2D eigenvalue weighted by Gasteiger charge is -1.93. The summed E-state index contributed by atoms with van der Waals surface area (Å²) in [6.07, 6.45) is 0.403. The summed E-state index contributed by atoms with van der Waals surface area (Å²) in [5.74, 6) is 0. The molecular weight excluding hydrogens is 106 g/mol. The van der Waals surface area contributed by atoms with Gasteiger partial charge in [-0.1, -0.05) is 0 Å². The van der Waals surface area contributed by atoms with E-state index >= 15 is 0 Å². The van der Waals surface area contributed by atoms with E-state index in [0.29, 0.717) is 13.0 Å². The van der Waals surface area contributed by atoms with Gasteiger partial charge in [0.1, 0.15) is 0 Å². The molecule has 0 amide bonds. The second-order valence-electron chi connectivity index (χ2n) is 1.30. The first-order valence-corrected chi connectivity index (χ1v) is 2.29. The van der Waals surface area contributed by atoms with Gasteiger partial charge in [-0.15, -0.1) is 0 Å². The summed E-state index contributed by atoms with van der Waals surface area (Å²) < 4.78 is 4.85. The van der Waals surface area contributed by atoms with E-state index in [9.17, 15) is 0 Å². The van der Waals surface area contributed by atoms with Crippen LogP contribution in [0, 0.1) is 11.8 Å². The maximum Gasteiger partial charge on any atom is 0.292 e. The molecule has 0 spiro atoms. The molecule has 0 atom stereocenters. The number of aliphatic imine (C=N–C) groups is 1. The highest BCUT2D eigenvalue weighted by atomic mass is 16.5. The average molecular weight is 112 g/mol. The maximum absolute atomic E-state index is 6.41. The second kappa shape index (κ2) is 2.57. The van der Waals surface area contributed by atoms with E-state index in [1.807, 2.05) is 6.01 Å². The summed E-state index contributed by atoms with van der Waals surface area (Å²) in [7, 11) is 0. The first-order valence-electron chi connectivity index (χ1n) is 2.29. The molecule has 1 heterocycles. The summed E-state index contributed by atoms with van der Waals surface area (Å²) in [5.41, 5.74) is 0. The molecule has 0 aliphatic carbocycles. The Kier molecular flexibility index (Phi) is 1.75. The molecular formula is C4H6N3O. The van der Waals surface area contributed by atoms with Crippen molar-refractivity contribution >= 4 is 6.01 Å². The number of ether oxygens (including phenoxy) is 1. The SMILES string of the molecule is N=C=N[C]1NCCO1. The van der Waals surface area contributed by atoms with Gasteiger partial charge in [0, 0.05) is 6.54 Å². The molecule has 0 bridgehead atoms. The molecule has 1 aliphatic rings. The minimum Gasteiger partial charge on any atom is -0.334 e. The van der Waals surface area contributed by atoms with E-state index < -0.39 is 0 Å². The number of hydrogen-bond acceptors (Lipinski definition) is 4. The third kappa shape index (κ3) is 1.13. The molecule has 4 nitrogen and oxygen atoms in total. The molecule has 0 aromatic carbocycles. The molecule has 0 unspecified atom stereocenters. The summed E-state index contributed by atoms with van der Waals surface area (Å²) >= 11 is 0. The lowest BCUT2D eigenvalue weighted by Crippen LogP contribution is -2.10. The fraction of sp³-hybridized carbons (Fsp3) is 0.500. The molecule has 0 saturated carbocycles. The molecule has 2 N–H and O–H groups in total. The highest BCUT2D eigenvalue weighted by Gasteiger charge is 2.13. The van der Waals surface area contributed by atoms with Crippen molar-refractivity contribution < 1.29 is 4.74 Å². The van der Waals surface area contributed by atoms with Crippen molar-refractivity contribution in [3.63, 3.8) is 0 Å². The Bertz CT molecular complexity index is 112. The van der Waals surface area contributed by atoms with Crippen molar-refractivity contribution in [1.82, 2.24) is 5.32 Å². The zero-order valence-corrected chi connectivity index (χ0v) is 4.27. The average Bonchev–Trinajstić information content (AvgIpc) is 2.19. The molecule has 1 radical (unpaired) electrons. The van der Waals surface area contributed by atoms with Crippen molar-refractivity contribution in [3.05, 3.63) is 6.35 Å². The van der Waals surface area contributed by atoms with Gasteiger partial charge in [-0.3, -0.25) is 5.32 Å². The largest absolute Gasteiger partial charge is 0.334 e. The zero-order chi connectivity index (χ0) is 5.82. The normalized spacial score (nSPS) is 20.5. The monoisotopic (exact) mass is 112 g/mol. The van der Waals surface area contributed by atoms with Gasteiger partial charge in [0.2, 0.25) is 0 Å². The number of nitrogens with zero attached hydrogens (tertiary/aromatic N) is 1. The van der Waals surface area contributed by atoms with Crippen LogP contribution in [0.4, 0.5) is 0 Å². The first kappa shape index (κ1) is 5.44. The van der Waals surface area contributed by atoms with Crippen molar-refractivity contribution in [1.29, 1.82) is 5.41 Å². The van der Waals surface area contributed by atoms with E-state index in [-0.39, 0.29) is 0 Å². The van der Waals surface area contributed by atoms with E-state index in [1.54, 1.807) is 0 Å². The van der Waals surface area contributed by atoms with Gasteiger partial charge in [-0.25, -0.2) is 5.41 Å². The van der Waals surface area contributed by atoms with E-state index in [2.05, 4.69) is 10.3 Å². The smallest absolute Gasteiger partial charge is 0.292 e. The highest BCUT2D eigenvalue weighted by molar-refractivity contribution is 5.37. The molecule has 0 aromatic heterocycles. The minimum atomic E-state index is 0.403. The summed E-state index contributed by atoms with van der Waals surface area (Å²) in [4.78, 5) is 3.42. The van der Waals surface area contributed by atoms with Crippen molar-refractivity contribution in [3.8, 4) is 0 Å². The molecule has 1 rings (SSSR count). The van der Waals surface area contributed by atoms with Crippen LogP contribution in [-0.2, 0) is 4.74 Å². The summed E-state index contributed by atoms with van der Waals surface area (Å²) in [6.45, 7) is 1.42. The Balaban J connectivity index is 2.35. The summed E-state index contributed by atoms with van der Waals surface area (Å²) in [5, 5.41) is 9.21. The Hall–Kier alpha value is -0.700. The molecule has 43 valence electrons. The molecule has 8 heavy (non-hydrogen) atoms. The van der Waals surface area contributed by atoms with Crippen LogP contribution < -0.4 is 5.32 Å². The standard InChI is InChI=1S/C4H6N3O/c5-3-7-4-6-1-2-8-4/h5-6H,1-2H2. The Labute approximate surface area is 47.1 Å². The van der Waals surface area contributed by atoms with Gasteiger partial charge in [0.25, 0.3) is 6.35 Å². The van der Waals surface area contributed by atoms with E-state index in [1.165, 1.54) is 0 Å². The Morgan fingerprint density at radius 1 is 1.88 bits per heavy atom. The second-order valence-corrected chi connectivity index (χ2v) is 1.30. The fourth-order valence-electron chi connectivity index (χ4n) is 0.479. The molecule has 1 aliphatic heterocycles. The number of nitrogens with one attached hydrogen (secondary N) is 2. The highest BCUT2D eigenvalue weighted by Crippen LogP contribution is 2.02. The molecule has 4 heteroatoms. The van der Waals surface area contributed by atoms with Crippen molar-refractivity contribution in [2.45, 2.75) is 0 Å². The maximum atomic E-state index is 6.41. The van der Waals surface area contributed by atoms with Gasteiger partial charge in [0.15, 0.2) is 0 Å². The van der Waals surface area contributed by atoms with Crippen LogP contribution in [0.15, 0.2) is 4.99 Å². The lowest BCUT2D eigenvalue weighted by atomic mass is 10.7. The van der Waals surface area contributed by atoms with Gasteiger partial charge in [-0.2, -0.15) is 4.99 Å². The van der Waals surface area contributed by atoms with Gasteiger partial charge in [-0.05, 0) is 0 Å². The Morgan fingerprint density at radius 3 is 3.25 bits per heavy atom. The lowest BCUT2D eigenvalue weighted by molar-refractivity contribution is 0.197. The van der Waals surface area contributed by atoms with E-state index in [0.717, 1.165) is 6.54 Å². The van der Waals surface area contributed by atoms with Crippen molar-refractivity contribution in [2.75, 3.05) is 13.2 Å². The molecule has 1 fully saturated rings. The van der Waals surface area contributed by atoms with Crippen LogP contribution in [0.3, 0.4) is 0 Å². The third-order valence-electron chi connectivity index (χ3n) is 0.775. The van der Waals surface area contributed by atoms with Crippen LogP contribution in [0.1, 0.15) is 0 Å². The Morgan fingerprint density at radius 2 is 2.75 bits per heavy atom. The summed E-state index contributed by atoms with van der Waals surface area (Å²) in [6, 6.07) is 1.86. The van der Waals surface area contributed by atoms with Gasteiger partial charge >= 0.3 is 0 Å². The van der Waals surface area contributed by atoms with Crippen LogP contribution >= 0.6 is 0 Å². The molecule has 1 saturated heterocycles. The van der Waals surface area contributed by atoms with Crippen LogP contribution in [0.2, 0.25) is 0 Å². The fourth-order valence-corrected chi connectivity index (χ4v) is 0.479.